The van der Waals surface area contributed by atoms with Gasteiger partial charge in [-0.15, -0.1) is 0 Å². The van der Waals surface area contributed by atoms with Crippen molar-refractivity contribution >= 4 is 30.2 Å². The Morgan fingerprint density at radius 1 is 0.970 bits per heavy atom. The number of Topliss-reactive ketones (excluding diaryl/α,β-unsaturated/α-hetero) is 1. The largest absolute Gasteiger partial charge is 0.454 e. The van der Waals surface area contributed by atoms with Gasteiger partial charge in [-0.05, 0) is 56.5 Å². The molecule has 2 aliphatic rings. The van der Waals surface area contributed by atoms with Crippen LogP contribution in [0.3, 0.4) is 0 Å². The summed E-state index contributed by atoms with van der Waals surface area (Å²) in [5.74, 6) is -0.590. The number of ketones is 1. The fraction of sp³-hybridized carbons (Fsp3) is 0.286. The third-order valence-electron chi connectivity index (χ3n) is 5.69. The molecule has 0 atom stereocenters. The van der Waals surface area contributed by atoms with E-state index in [9.17, 15) is 14.4 Å². The van der Waals surface area contributed by atoms with Crippen molar-refractivity contribution in [1.82, 2.24) is 19.1 Å². The summed E-state index contributed by atoms with van der Waals surface area (Å²) >= 11 is 10.6. The second-order valence-corrected chi connectivity index (χ2v) is 8.19. The SMILES string of the molecule is CCn1c2c(c(=O)[nH]c1=S)C(C(=O)c1ccc3c(c1)OCO3)c1c(n(CC)c(=S)[nH]c1=O)O2. The lowest BCUT2D eigenvalue weighted by molar-refractivity contribution is 0.0965. The number of carbonyl (C=O) groups is 1. The highest BCUT2D eigenvalue weighted by atomic mass is 32.1. The molecule has 3 aromatic rings. The number of nitrogens with zero attached hydrogens (tertiary/aromatic N) is 2. The molecule has 0 radical (unpaired) electrons. The summed E-state index contributed by atoms with van der Waals surface area (Å²) < 4.78 is 20.2. The molecular formula is C21H18N4O6S2. The Balaban J connectivity index is 1.84. The normalized spacial score (nSPS) is 13.9. The van der Waals surface area contributed by atoms with Gasteiger partial charge < -0.3 is 14.2 Å². The maximum Gasteiger partial charge on any atom is 0.259 e. The van der Waals surface area contributed by atoms with Crippen molar-refractivity contribution in [3.8, 4) is 23.3 Å². The number of rotatable bonds is 4. The van der Waals surface area contributed by atoms with Crippen LogP contribution in [0.15, 0.2) is 27.8 Å². The first-order valence-electron chi connectivity index (χ1n) is 10.2. The van der Waals surface area contributed by atoms with Crippen LogP contribution in [-0.2, 0) is 13.1 Å². The zero-order valence-corrected chi connectivity index (χ0v) is 19.2. The van der Waals surface area contributed by atoms with E-state index in [1.807, 2.05) is 13.8 Å². The first-order chi connectivity index (χ1) is 15.8. The fourth-order valence-corrected chi connectivity index (χ4v) is 4.76. The van der Waals surface area contributed by atoms with Crippen LogP contribution in [0.25, 0.3) is 0 Å². The van der Waals surface area contributed by atoms with Crippen molar-refractivity contribution in [3.05, 3.63) is 65.1 Å². The van der Waals surface area contributed by atoms with E-state index in [1.165, 1.54) is 6.07 Å². The second kappa shape index (κ2) is 7.81. The Morgan fingerprint density at radius 2 is 1.52 bits per heavy atom. The summed E-state index contributed by atoms with van der Waals surface area (Å²) in [6, 6.07) is 4.71. The van der Waals surface area contributed by atoms with Crippen LogP contribution >= 0.6 is 24.4 Å². The molecule has 0 saturated heterocycles. The molecule has 5 rings (SSSR count). The number of benzene rings is 1. The number of hydrogen-bond acceptors (Lipinski definition) is 8. The van der Waals surface area contributed by atoms with Crippen LogP contribution in [0.4, 0.5) is 0 Å². The number of hydrogen-bond donors (Lipinski definition) is 2. The predicted molar refractivity (Wildman–Crippen MR) is 122 cm³/mol. The molecule has 2 aromatic heterocycles. The molecule has 0 unspecified atom stereocenters. The van der Waals surface area contributed by atoms with Gasteiger partial charge in [0.1, 0.15) is 0 Å². The van der Waals surface area contributed by atoms with Crippen molar-refractivity contribution in [2.24, 2.45) is 0 Å². The van der Waals surface area contributed by atoms with Crippen LogP contribution < -0.4 is 25.3 Å². The lowest BCUT2D eigenvalue weighted by Crippen LogP contribution is -2.36. The average molecular weight is 487 g/mol. The predicted octanol–water partition coefficient (Wildman–Crippen LogP) is 3.01. The van der Waals surface area contributed by atoms with E-state index in [1.54, 1.807) is 21.3 Å². The molecule has 2 N–H and O–H groups in total. The van der Waals surface area contributed by atoms with Gasteiger partial charge in [-0.3, -0.25) is 33.5 Å². The lowest BCUT2D eigenvalue weighted by Gasteiger charge is -2.29. The Kier molecular flexibility index (Phi) is 5.05. The second-order valence-electron chi connectivity index (χ2n) is 7.41. The quantitative estimate of drug-likeness (QED) is 0.427. The molecule has 4 heterocycles. The Morgan fingerprint density at radius 3 is 2.06 bits per heavy atom. The van der Waals surface area contributed by atoms with Gasteiger partial charge >= 0.3 is 0 Å². The summed E-state index contributed by atoms with van der Waals surface area (Å²) in [4.78, 5) is 45.2. The van der Waals surface area contributed by atoms with Gasteiger partial charge in [-0.1, -0.05) is 0 Å². The van der Waals surface area contributed by atoms with Gasteiger partial charge in [0.2, 0.25) is 18.6 Å². The molecule has 0 fully saturated rings. The molecule has 170 valence electrons. The van der Waals surface area contributed by atoms with Crippen molar-refractivity contribution in [1.29, 1.82) is 0 Å². The number of fused-ring (bicyclic) bond motifs is 3. The number of ether oxygens (including phenoxy) is 3. The number of aromatic nitrogens is 4. The highest BCUT2D eigenvalue weighted by molar-refractivity contribution is 7.71. The lowest BCUT2D eigenvalue weighted by atomic mass is 9.85. The van der Waals surface area contributed by atoms with Gasteiger partial charge in [-0.2, -0.15) is 0 Å². The Labute approximate surface area is 196 Å². The zero-order chi connectivity index (χ0) is 23.4. The molecule has 0 amide bonds. The average Bonchev–Trinajstić information content (AvgIpc) is 3.25. The molecule has 10 nitrogen and oxygen atoms in total. The van der Waals surface area contributed by atoms with Crippen molar-refractivity contribution in [2.45, 2.75) is 32.9 Å². The molecule has 1 aromatic carbocycles. The topological polar surface area (TPSA) is 120 Å². The van der Waals surface area contributed by atoms with Gasteiger partial charge in [0.15, 0.2) is 26.8 Å². The first-order valence-corrected chi connectivity index (χ1v) is 11.0. The number of carbonyl (C=O) groups excluding carboxylic acids is 1. The smallest absolute Gasteiger partial charge is 0.259 e. The summed E-state index contributed by atoms with van der Waals surface area (Å²) in [6.45, 7) is 4.44. The number of H-pyrrole nitrogens is 2. The molecule has 33 heavy (non-hydrogen) atoms. The summed E-state index contributed by atoms with van der Waals surface area (Å²) in [5, 5.41) is 0. The minimum Gasteiger partial charge on any atom is -0.454 e. The van der Waals surface area contributed by atoms with Gasteiger partial charge in [0.25, 0.3) is 11.1 Å². The summed E-state index contributed by atoms with van der Waals surface area (Å²) in [6.07, 6.45) is 0. The molecule has 0 saturated carbocycles. The molecule has 0 bridgehead atoms. The number of aromatic amines is 2. The van der Waals surface area contributed by atoms with E-state index in [2.05, 4.69) is 9.97 Å². The first kappa shape index (κ1) is 21.3. The standard InChI is InChI=1S/C21H18N4O6S2/c1-3-24-18-13(16(27)22-20(24)32)12(14-17(28)23-21(33)25(4-2)19(14)31-18)15(26)9-5-6-10-11(7-9)30-8-29-10/h5-7,12H,3-4,8H2,1-2H3,(H,22,27,32)(H,23,28,33). The monoisotopic (exact) mass is 486 g/mol. The van der Waals surface area contributed by atoms with Gasteiger partial charge in [-0.25, -0.2) is 0 Å². The Bertz CT molecular complexity index is 1480. The maximum absolute atomic E-state index is 13.9. The maximum atomic E-state index is 13.9. The highest BCUT2D eigenvalue weighted by Gasteiger charge is 2.41. The van der Waals surface area contributed by atoms with Crippen LogP contribution in [0, 0.1) is 9.54 Å². The van der Waals surface area contributed by atoms with E-state index in [-0.39, 0.29) is 44.8 Å². The van der Waals surface area contributed by atoms with Crippen molar-refractivity contribution in [2.75, 3.05) is 6.79 Å². The summed E-state index contributed by atoms with van der Waals surface area (Å²) in [5.41, 5.74) is -0.946. The molecular weight excluding hydrogens is 468 g/mol. The van der Waals surface area contributed by atoms with E-state index in [0.717, 1.165) is 0 Å². The molecule has 2 aliphatic heterocycles. The van der Waals surface area contributed by atoms with E-state index in [4.69, 9.17) is 38.6 Å². The van der Waals surface area contributed by atoms with E-state index >= 15 is 0 Å². The zero-order valence-electron chi connectivity index (χ0n) is 17.6. The van der Waals surface area contributed by atoms with Gasteiger partial charge in [0.05, 0.1) is 17.0 Å². The van der Waals surface area contributed by atoms with Crippen LogP contribution in [-0.4, -0.2) is 31.7 Å². The third kappa shape index (κ3) is 3.16. The fourth-order valence-electron chi connectivity index (χ4n) is 4.15. The highest BCUT2D eigenvalue weighted by Crippen LogP contribution is 2.43. The van der Waals surface area contributed by atoms with E-state index in [0.29, 0.717) is 24.6 Å². The minimum atomic E-state index is -1.25. The molecule has 0 spiro atoms. The van der Waals surface area contributed by atoms with Crippen LogP contribution in [0.1, 0.15) is 41.3 Å². The van der Waals surface area contributed by atoms with E-state index < -0.39 is 22.8 Å². The number of nitrogens with one attached hydrogen (secondary N) is 2. The van der Waals surface area contributed by atoms with Crippen LogP contribution in [0.2, 0.25) is 0 Å². The summed E-state index contributed by atoms with van der Waals surface area (Å²) in [7, 11) is 0. The third-order valence-corrected chi connectivity index (χ3v) is 6.34. The Hall–Kier alpha value is -3.51. The molecule has 0 aliphatic carbocycles. The molecule has 12 heteroatoms. The minimum absolute atomic E-state index is 0.00545. The van der Waals surface area contributed by atoms with Gasteiger partial charge in [0, 0.05) is 18.7 Å². The van der Waals surface area contributed by atoms with Crippen LogP contribution in [0.5, 0.6) is 23.3 Å². The van der Waals surface area contributed by atoms with Crippen molar-refractivity contribution < 1.29 is 19.0 Å². The van der Waals surface area contributed by atoms with Crippen molar-refractivity contribution in [3.63, 3.8) is 0 Å².